The van der Waals surface area contributed by atoms with Crippen molar-refractivity contribution >= 4 is 14.1 Å². The van der Waals surface area contributed by atoms with Crippen LogP contribution in [0.1, 0.15) is 13.8 Å². The second-order valence-electron chi connectivity index (χ2n) is 2.16. The molecule has 0 aromatic heterocycles. The molecule has 0 nitrogen and oxygen atoms in total. The summed E-state index contributed by atoms with van der Waals surface area (Å²) in [5.74, 6) is 0. The van der Waals surface area contributed by atoms with E-state index in [4.69, 9.17) is 0 Å². The van der Waals surface area contributed by atoms with Crippen molar-refractivity contribution in [2.24, 2.45) is 0 Å². The summed E-state index contributed by atoms with van der Waals surface area (Å²) in [4.78, 5) is 0. The van der Waals surface area contributed by atoms with Gasteiger partial charge < -0.3 is 0 Å². The maximum Gasteiger partial charge on any atom is 0.264 e. The van der Waals surface area contributed by atoms with Crippen molar-refractivity contribution in [3.05, 3.63) is 0 Å². The molecule has 8 heavy (non-hydrogen) atoms. The Labute approximate surface area is 55.5 Å². The molecule has 0 N–H and O–H groups in total. The van der Waals surface area contributed by atoms with Crippen LogP contribution in [-0.4, -0.2) is 20.8 Å². The first-order chi connectivity index (χ1) is 3.85. The fourth-order valence-electron chi connectivity index (χ4n) is 0.851. The lowest BCUT2D eigenvalue weighted by molar-refractivity contribution is 0.523. The van der Waals surface area contributed by atoms with E-state index in [0.29, 0.717) is 0 Å². The van der Waals surface area contributed by atoms with Crippen molar-refractivity contribution in [2.75, 3.05) is 6.67 Å². The van der Waals surface area contributed by atoms with Crippen LogP contribution in [0.15, 0.2) is 0 Å². The molecule has 0 bridgehead atoms. The van der Waals surface area contributed by atoms with Crippen LogP contribution in [0, 0.1) is 0 Å². The molecule has 0 unspecified atom stereocenters. The molecule has 0 aliphatic carbocycles. The minimum absolute atomic E-state index is 0.0848. The second-order valence-corrected chi connectivity index (χ2v) is 6.10. The van der Waals surface area contributed by atoms with Crippen LogP contribution in [0.5, 0.6) is 0 Å². The molecule has 48 valence electrons. The van der Waals surface area contributed by atoms with E-state index in [-0.39, 0.29) is 6.67 Å². The molecule has 0 amide bonds. The zero-order chi connectivity index (χ0) is 6.41. The predicted molar refractivity (Wildman–Crippen MR) is 37.5 cm³/mol. The summed E-state index contributed by atoms with van der Waals surface area (Å²) in [5.41, 5.74) is 0. The summed E-state index contributed by atoms with van der Waals surface area (Å²) >= 11 is -0.567. The summed E-state index contributed by atoms with van der Waals surface area (Å²) in [6.07, 6.45) is 0. The molecule has 0 heterocycles. The maximum atomic E-state index is 11.7. The maximum absolute atomic E-state index is 11.7. The van der Waals surface area contributed by atoms with Crippen molar-refractivity contribution in [3.8, 4) is 0 Å². The van der Waals surface area contributed by atoms with Gasteiger partial charge in [0.05, 0.1) is 6.67 Å². The van der Waals surface area contributed by atoms with Gasteiger partial charge in [-0.3, -0.25) is 4.39 Å². The molecule has 0 aliphatic rings. The zero-order valence-electron chi connectivity index (χ0n) is 5.78. The first-order valence-corrected chi connectivity index (χ1v) is 5.86. The van der Waals surface area contributed by atoms with Crippen LogP contribution in [0.3, 0.4) is 0 Å². The van der Waals surface area contributed by atoms with E-state index >= 15 is 0 Å². The van der Waals surface area contributed by atoms with E-state index in [1.807, 2.05) is 0 Å². The van der Waals surface area contributed by atoms with Crippen molar-refractivity contribution < 1.29 is 4.39 Å². The van der Waals surface area contributed by atoms with Gasteiger partial charge in [-0.1, -0.05) is 29.7 Å². The highest BCUT2D eigenvalue weighted by Gasteiger charge is 2.09. The summed E-state index contributed by atoms with van der Waals surface area (Å²) in [6.45, 7) is 4.27. The molecule has 0 saturated carbocycles. The second kappa shape index (κ2) is 5.60. The Morgan fingerprint density at radius 2 is 1.75 bits per heavy atom. The monoisotopic (exact) mass is 132 g/mol. The van der Waals surface area contributed by atoms with Crippen LogP contribution in [0.4, 0.5) is 4.39 Å². The summed E-state index contributed by atoms with van der Waals surface area (Å²) in [7, 11) is 0. The van der Waals surface area contributed by atoms with Crippen LogP contribution < -0.4 is 0 Å². The van der Waals surface area contributed by atoms with Gasteiger partial charge in [-0.15, -0.1) is 0 Å². The third-order valence-corrected chi connectivity index (χ3v) is 5.02. The van der Waals surface area contributed by atoms with Gasteiger partial charge in [0.15, 0.2) is 0 Å². The molecule has 0 aromatic carbocycles. The Balaban J connectivity index is 3.07. The molecule has 0 atom stereocenters. The van der Waals surface area contributed by atoms with E-state index in [1.54, 1.807) is 0 Å². The number of hydrogen-bond acceptors (Lipinski definition) is 0. The van der Waals surface area contributed by atoms with Crippen molar-refractivity contribution in [1.29, 1.82) is 0 Å². The molecule has 0 radical (unpaired) electrons. The fourth-order valence-corrected chi connectivity index (χ4v) is 2.55. The van der Waals surface area contributed by atoms with Gasteiger partial charge in [-0.05, 0) is 0 Å². The lowest BCUT2D eigenvalue weighted by atomic mass is 10.9. The zero-order valence-corrected chi connectivity index (χ0v) is 6.94. The Morgan fingerprint density at radius 1 is 1.25 bits per heavy atom. The SMILES string of the molecule is C[CH2][Al]([CH2]C)[CH2]CF. The lowest BCUT2D eigenvalue weighted by Crippen LogP contribution is -2.08. The largest absolute Gasteiger partial charge is 0.264 e. The van der Waals surface area contributed by atoms with Crippen LogP contribution >= 0.6 is 0 Å². The number of rotatable bonds is 4. The molecule has 0 aromatic rings. The van der Waals surface area contributed by atoms with Gasteiger partial charge in [-0.2, -0.15) is 0 Å². The molecular weight excluding hydrogens is 118 g/mol. The number of hydrogen-bond donors (Lipinski definition) is 0. The molecule has 0 aliphatic heterocycles. The standard InChI is InChI=1S/C2H4F.2C2H5.Al/c1-2-3;2*1-2;/h1-2H2;2*1H2,2H3;. The van der Waals surface area contributed by atoms with E-state index in [0.717, 1.165) is 5.28 Å². The topological polar surface area (TPSA) is 0 Å². The molecule has 0 rings (SSSR count). The molecule has 2 heteroatoms. The highest BCUT2D eigenvalue weighted by Crippen LogP contribution is 2.03. The highest BCUT2D eigenvalue weighted by molar-refractivity contribution is 6.58. The van der Waals surface area contributed by atoms with Crippen molar-refractivity contribution in [1.82, 2.24) is 0 Å². The van der Waals surface area contributed by atoms with Gasteiger partial charge in [-0.25, -0.2) is 0 Å². The minimum atomic E-state index is -0.567. The average molecular weight is 132 g/mol. The van der Waals surface area contributed by atoms with E-state index in [9.17, 15) is 4.39 Å². The summed E-state index contributed by atoms with van der Waals surface area (Å²) < 4.78 is 11.7. The third-order valence-electron chi connectivity index (χ3n) is 1.67. The Kier molecular flexibility index (Phi) is 5.92. The smallest absolute Gasteiger partial charge is 0.252 e. The quantitative estimate of drug-likeness (QED) is 0.515. The van der Waals surface area contributed by atoms with E-state index in [1.165, 1.54) is 10.6 Å². The van der Waals surface area contributed by atoms with Gasteiger partial charge >= 0.3 is 0 Å². The highest BCUT2D eigenvalue weighted by atomic mass is 27.2. The van der Waals surface area contributed by atoms with Crippen molar-refractivity contribution in [2.45, 2.75) is 29.7 Å². The van der Waals surface area contributed by atoms with Crippen molar-refractivity contribution in [3.63, 3.8) is 0 Å². The van der Waals surface area contributed by atoms with Gasteiger partial charge in [0.1, 0.15) is 0 Å². The first kappa shape index (κ1) is 8.46. The average Bonchev–Trinajstić information content (AvgIpc) is 1.83. The normalized spacial score (nSPS) is 9.38. The first-order valence-electron chi connectivity index (χ1n) is 3.41. The van der Waals surface area contributed by atoms with Crippen LogP contribution in [0.2, 0.25) is 15.8 Å². The minimum Gasteiger partial charge on any atom is -0.252 e. The van der Waals surface area contributed by atoms with Gasteiger partial charge in [0.2, 0.25) is 0 Å². The predicted octanol–water partition coefficient (Wildman–Crippen LogP) is 2.49. The summed E-state index contributed by atoms with van der Waals surface area (Å²) in [6, 6.07) is 0. The molecular formula is C6H14AlF. The van der Waals surface area contributed by atoms with Gasteiger partial charge in [0, 0.05) is 0 Å². The number of alkyl halides is 1. The fraction of sp³-hybridized carbons (Fsp3) is 1.00. The van der Waals surface area contributed by atoms with Crippen LogP contribution in [-0.2, 0) is 0 Å². The number of halogens is 1. The molecule has 0 fully saturated rings. The lowest BCUT2D eigenvalue weighted by Gasteiger charge is -1.99. The third kappa shape index (κ3) is 3.46. The van der Waals surface area contributed by atoms with E-state index in [2.05, 4.69) is 13.8 Å². The summed E-state index contributed by atoms with van der Waals surface area (Å²) in [5, 5.41) is 3.42. The molecule has 0 saturated heterocycles. The Bertz CT molecular complexity index is 43.8. The van der Waals surface area contributed by atoms with E-state index < -0.39 is 14.1 Å². The Hall–Kier alpha value is 0.462. The molecule has 0 spiro atoms. The Morgan fingerprint density at radius 3 is 1.88 bits per heavy atom. The van der Waals surface area contributed by atoms with Crippen LogP contribution in [0.25, 0.3) is 0 Å². The van der Waals surface area contributed by atoms with Gasteiger partial charge in [0.25, 0.3) is 14.1 Å².